The predicted molar refractivity (Wildman–Crippen MR) is 141 cm³/mol. The van der Waals surface area contributed by atoms with Gasteiger partial charge in [-0.25, -0.2) is 0 Å². The van der Waals surface area contributed by atoms with Crippen LogP contribution in [0.1, 0.15) is 0 Å². The van der Waals surface area contributed by atoms with Crippen molar-refractivity contribution in [3.05, 3.63) is 115 Å². The zero-order valence-corrected chi connectivity index (χ0v) is 19.0. The largest absolute Gasteiger partial charge is 0.453 e. The quantitative estimate of drug-likeness (QED) is 0.259. The molecule has 0 aliphatic heterocycles. The highest BCUT2D eigenvalue weighted by atomic mass is 31.1. The fourth-order valence-electron chi connectivity index (χ4n) is 4.70. The van der Waals surface area contributed by atoms with Crippen LogP contribution in [-0.4, -0.2) is 0 Å². The zero-order valence-electron chi connectivity index (χ0n) is 18.1. The van der Waals surface area contributed by atoms with Gasteiger partial charge in [-0.05, 0) is 56.6 Å². The molecule has 0 saturated carbocycles. The maximum Gasteiger partial charge on any atom is 0.453 e. The van der Waals surface area contributed by atoms with E-state index < -0.39 is 8.24 Å². The Morgan fingerprint density at radius 2 is 0.971 bits per heavy atom. The summed E-state index contributed by atoms with van der Waals surface area (Å²) in [5.41, 5.74) is 1.53. The van der Waals surface area contributed by atoms with Crippen LogP contribution < -0.4 is 4.52 Å². The van der Waals surface area contributed by atoms with Crippen molar-refractivity contribution in [1.82, 2.24) is 0 Å². The molecule has 1 aromatic heterocycles. The first kappa shape index (κ1) is 19.3. The lowest BCUT2D eigenvalue weighted by molar-refractivity contribution is 0.499. The third-order valence-corrected chi connectivity index (χ3v) is 7.33. The highest BCUT2D eigenvalue weighted by molar-refractivity contribution is 7.32. The maximum atomic E-state index is 6.43. The molecular weight excluding hydrogens is 439 g/mol. The van der Waals surface area contributed by atoms with Gasteiger partial charge < -0.3 is 12.9 Å². The van der Waals surface area contributed by atoms with Gasteiger partial charge in [0.2, 0.25) is 0 Å². The van der Waals surface area contributed by atoms with Crippen molar-refractivity contribution in [2.24, 2.45) is 0 Å². The molecule has 4 heteroatoms. The molecule has 6 aromatic carbocycles. The molecular formula is C30H19O3P. The minimum absolute atomic E-state index is 0.719. The third-order valence-electron chi connectivity index (χ3n) is 6.28. The number of fused-ring (bicyclic) bond motifs is 8. The molecule has 0 atom stereocenters. The van der Waals surface area contributed by atoms with Crippen LogP contribution >= 0.6 is 8.24 Å². The van der Waals surface area contributed by atoms with E-state index in [2.05, 4.69) is 78.9 Å². The second kappa shape index (κ2) is 7.69. The SMILES string of the molecule is c1ccc2cc(Op3oc4ccc5ccccc5c4c4c(ccc5ccccc54)o3)ccc2c1. The van der Waals surface area contributed by atoms with Gasteiger partial charge in [0.15, 0.2) is 0 Å². The Kier molecular flexibility index (Phi) is 4.36. The smallest absolute Gasteiger partial charge is 0.391 e. The number of rotatable bonds is 2. The minimum atomic E-state index is -1.71. The van der Waals surface area contributed by atoms with Gasteiger partial charge in [-0.3, -0.25) is 0 Å². The van der Waals surface area contributed by atoms with Gasteiger partial charge in [-0.15, -0.1) is 0 Å². The first-order valence-corrected chi connectivity index (χ1v) is 12.3. The van der Waals surface area contributed by atoms with Crippen LogP contribution in [0.3, 0.4) is 0 Å². The van der Waals surface area contributed by atoms with E-state index >= 15 is 0 Å². The number of hydrogen-bond acceptors (Lipinski definition) is 3. The summed E-state index contributed by atoms with van der Waals surface area (Å²) in [6, 6.07) is 39.3. The van der Waals surface area contributed by atoms with Crippen LogP contribution in [0.5, 0.6) is 5.75 Å². The molecule has 7 rings (SSSR count). The van der Waals surface area contributed by atoms with Gasteiger partial charge in [0.05, 0.1) is 0 Å². The highest BCUT2D eigenvalue weighted by Gasteiger charge is 2.14. The molecule has 0 bridgehead atoms. The Labute approximate surface area is 196 Å². The second-order valence-corrected chi connectivity index (χ2v) is 9.32. The topological polar surface area (TPSA) is 35.5 Å². The summed E-state index contributed by atoms with van der Waals surface area (Å²) in [5.74, 6) is 0.719. The standard InChI is InChI=1S/C30H19O3P/c1-2-10-23-19-24(16-13-20(23)7-1)31-34-32-27-17-14-21-8-3-5-11-25(21)29(27)30-26-12-6-4-9-22(26)15-18-28(30)33-34/h1-19H. The monoisotopic (exact) mass is 458 g/mol. The van der Waals surface area contributed by atoms with Gasteiger partial charge in [0, 0.05) is 10.8 Å². The fraction of sp³-hybridized carbons (Fsp3) is 0. The Morgan fingerprint density at radius 1 is 0.471 bits per heavy atom. The van der Waals surface area contributed by atoms with Crippen LogP contribution in [0.25, 0.3) is 54.3 Å². The number of hydrogen-bond donors (Lipinski definition) is 0. The average Bonchev–Trinajstić information content (AvgIpc) is 3.05. The van der Waals surface area contributed by atoms with E-state index in [-0.39, 0.29) is 0 Å². The van der Waals surface area contributed by atoms with Crippen LogP contribution in [0, 0.1) is 0 Å². The summed E-state index contributed by atoms with van der Waals surface area (Å²) >= 11 is 0. The summed E-state index contributed by atoms with van der Waals surface area (Å²) in [4.78, 5) is 0. The molecule has 0 unspecified atom stereocenters. The van der Waals surface area contributed by atoms with E-state index in [4.69, 9.17) is 12.9 Å². The Hall–Kier alpha value is -4.20. The summed E-state index contributed by atoms with van der Waals surface area (Å²) < 4.78 is 19.2. The zero-order chi connectivity index (χ0) is 22.5. The van der Waals surface area contributed by atoms with Gasteiger partial charge in [-0.2, -0.15) is 0 Å². The van der Waals surface area contributed by atoms with E-state index in [0.29, 0.717) is 0 Å². The van der Waals surface area contributed by atoms with E-state index in [1.165, 1.54) is 5.39 Å². The van der Waals surface area contributed by atoms with E-state index in [1.807, 2.05) is 36.4 Å². The van der Waals surface area contributed by atoms with Crippen molar-refractivity contribution in [2.45, 2.75) is 0 Å². The molecule has 0 saturated heterocycles. The second-order valence-electron chi connectivity index (χ2n) is 8.33. The molecule has 0 radical (unpaired) electrons. The van der Waals surface area contributed by atoms with Gasteiger partial charge in [0.1, 0.15) is 16.9 Å². The predicted octanol–water partition coefficient (Wildman–Crippen LogP) is 9.59. The lowest BCUT2D eigenvalue weighted by atomic mass is 9.99. The van der Waals surface area contributed by atoms with E-state index in [0.717, 1.165) is 54.6 Å². The van der Waals surface area contributed by atoms with Gasteiger partial charge in [-0.1, -0.05) is 91.0 Å². The van der Waals surface area contributed by atoms with Crippen LogP contribution in [0.4, 0.5) is 0 Å². The Morgan fingerprint density at radius 3 is 1.59 bits per heavy atom. The molecule has 0 amide bonds. The van der Waals surface area contributed by atoms with Crippen molar-refractivity contribution in [2.75, 3.05) is 0 Å². The van der Waals surface area contributed by atoms with Crippen molar-refractivity contribution in [3.8, 4) is 5.75 Å². The van der Waals surface area contributed by atoms with Crippen LogP contribution in [0.15, 0.2) is 124 Å². The molecule has 3 nitrogen and oxygen atoms in total. The molecule has 1 heterocycles. The van der Waals surface area contributed by atoms with Crippen molar-refractivity contribution in [3.63, 3.8) is 0 Å². The van der Waals surface area contributed by atoms with Crippen LogP contribution in [0.2, 0.25) is 0 Å². The van der Waals surface area contributed by atoms with E-state index in [9.17, 15) is 0 Å². The first-order valence-electron chi connectivity index (χ1n) is 11.2. The molecule has 34 heavy (non-hydrogen) atoms. The molecule has 162 valence electrons. The van der Waals surface area contributed by atoms with Crippen molar-refractivity contribution in [1.29, 1.82) is 0 Å². The first-order chi connectivity index (χ1) is 16.8. The molecule has 0 N–H and O–H groups in total. The molecule has 0 aliphatic carbocycles. The lowest BCUT2D eigenvalue weighted by Gasteiger charge is -2.05. The van der Waals surface area contributed by atoms with Crippen molar-refractivity contribution < 1.29 is 12.9 Å². The number of benzene rings is 6. The summed E-state index contributed by atoms with van der Waals surface area (Å²) in [6.07, 6.45) is 0. The highest BCUT2D eigenvalue weighted by Crippen LogP contribution is 2.42. The lowest BCUT2D eigenvalue weighted by Crippen LogP contribution is -1.79. The van der Waals surface area contributed by atoms with E-state index in [1.54, 1.807) is 0 Å². The fourth-order valence-corrected chi connectivity index (χ4v) is 5.72. The average molecular weight is 458 g/mol. The third kappa shape index (κ3) is 3.14. The molecule has 0 aliphatic rings. The summed E-state index contributed by atoms with van der Waals surface area (Å²) in [6.45, 7) is 0. The van der Waals surface area contributed by atoms with Gasteiger partial charge >= 0.3 is 8.24 Å². The molecule has 0 spiro atoms. The Bertz CT molecular complexity index is 1800. The minimum Gasteiger partial charge on any atom is -0.391 e. The molecule has 0 fully saturated rings. The molecule has 7 aromatic rings. The van der Waals surface area contributed by atoms with Crippen LogP contribution in [-0.2, 0) is 0 Å². The summed E-state index contributed by atoms with van der Waals surface area (Å²) in [5, 5.41) is 8.93. The normalized spacial score (nSPS) is 11.5. The summed E-state index contributed by atoms with van der Waals surface area (Å²) in [7, 11) is -1.71. The van der Waals surface area contributed by atoms with Gasteiger partial charge in [0.25, 0.3) is 0 Å². The van der Waals surface area contributed by atoms with Crippen molar-refractivity contribution >= 4 is 62.5 Å². The Balaban J connectivity index is 1.56. The maximum absolute atomic E-state index is 6.43.